The van der Waals surface area contributed by atoms with Crippen molar-refractivity contribution in [3.63, 3.8) is 0 Å². The Morgan fingerprint density at radius 1 is 1.36 bits per heavy atom. The lowest BCUT2D eigenvalue weighted by atomic mass is 10.2. The van der Waals surface area contributed by atoms with E-state index in [4.69, 9.17) is 0 Å². The molecule has 0 saturated heterocycles. The van der Waals surface area contributed by atoms with Crippen molar-refractivity contribution in [1.29, 1.82) is 0 Å². The number of rotatable bonds is 3. The van der Waals surface area contributed by atoms with Gasteiger partial charge in [0.15, 0.2) is 0 Å². The van der Waals surface area contributed by atoms with Crippen LogP contribution in [0.4, 0.5) is 5.69 Å². The number of benzene rings is 1. The van der Waals surface area contributed by atoms with Crippen LogP contribution < -0.4 is 4.90 Å². The van der Waals surface area contributed by atoms with Gasteiger partial charge in [-0.25, -0.2) is 0 Å². The summed E-state index contributed by atoms with van der Waals surface area (Å²) in [4.78, 5) is 12.9. The highest BCUT2D eigenvalue weighted by Crippen LogP contribution is 2.12. The number of hydrogen-bond donors (Lipinski definition) is 0. The molecule has 3 heteroatoms. The number of carbonyl (C=O) groups excluding carboxylic acids is 1. The lowest BCUT2D eigenvalue weighted by Gasteiger charge is -2.17. The average molecular weight is 193 g/mol. The molecule has 1 rings (SSSR count). The maximum absolute atomic E-state index is 11.0. The van der Waals surface area contributed by atoms with E-state index in [1.807, 2.05) is 43.1 Å². The number of likely N-dealkylation sites (N-methyl/N-ethyl adjacent to an activating group) is 1. The molecule has 0 spiro atoms. The second-order valence-corrected chi connectivity index (χ2v) is 3.27. The summed E-state index contributed by atoms with van der Waals surface area (Å²) in [7, 11) is 3.26. The lowest BCUT2D eigenvalue weighted by Crippen LogP contribution is -2.26. The number of esters is 1. The van der Waals surface area contributed by atoms with Crippen LogP contribution in [0.2, 0.25) is 0 Å². The van der Waals surface area contributed by atoms with Gasteiger partial charge in [-0.05, 0) is 19.1 Å². The van der Waals surface area contributed by atoms with Gasteiger partial charge in [-0.15, -0.1) is 0 Å². The molecule has 0 saturated carbocycles. The fourth-order valence-corrected chi connectivity index (χ4v) is 1.15. The fourth-order valence-electron chi connectivity index (χ4n) is 1.15. The van der Waals surface area contributed by atoms with Gasteiger partial charge in [-0.1, -0.05) is 17.7 Å². The molecule has 0 unspecified atom stereocenters. The number of methoxy groups -OCH3 is 1. The summed E-state index contributed by atoms with van der Waals surface area (Å²) in [5.41, 5.74) is 2.22. The second kappa shape index (κ2) is 4.65. The summed E-state index contributed by atoms with van der Waals surface area (Å²) in [6, 6.07) is 8.00. The molecule has 1 aromatic rings. The third-order valence-corrected chi connectivity index (χ3v) is 2.07. The minimum atomic E-state index is -0.229. The molecule has 0 N–H and O–H groups in total. The van der Waals surface area contributed by atoms with Gasteiger partial charge in [0, 0.05) is 12.7 Å². The summed E-state index contributed by atoms with van der Waals surface area (Å²) < 4.78 is 4.59. The van der Waals surface area contributed by atoms with E-state index in [1.54, 1.807) is 0 Å². The molecule has 0 atom stereocenters. The van der Waals surface area contributed by atoms with E-state index in [1.165, 1.54) is 12.7 Å². The van der Waals surface area contributed by atoms with Crippen molar-refractivity contribution in [2.75, 3.05) is 25.6 Å². The van der Waals surface area contributed by atoms with Crippen molar-refractivity contribution in [3.8, 4) is 0 Å². The van der Waals surface area contributed by atoms with Gasteiger partial charge in [0.05, 0.1) is 7.11 Å². The van der Waals surface area contributed by atoms with Crippen LogP contribution in [0.25, 0.3) is 0 Å². The SMILES string of the molecule is COC(=O)CN(C)c1ccc(C)cc1. The summed E-state index contributed by atoms with van der Waals surface area (Å²) in [6.45, 7) is 2.31. The van der Waals surface area contributed by atoms with Crippen LogP contribution in [0.3, 0.4) is 0 Å². The Morgan fingerprint density at radius 2 is 1.93 bits per heavy atom. The minimum absolute atomic E-state index is 0.229. The van der Waals surface area contributed by atoms with E-state index in [0.29, 0.717) is 0 Å². The zero-order valence-electron chi connectivity index (χ0n) is 8.78. The van der Waals surface area contributed by atoms with E-state index in [9.17, 15) is 4.79 Å². The number of hydrogen-bond acceptors (Lipinski definition) is 3. The molecular weight excluding hydrogens is 178 g/mol. The standard InChI is InChI=1S/C11H15NO2/c1-9-4-6-10(7-5-9)12(2)8-11(13)14-3/h4-7H,8H2,1-3H3. The summed E-state index contributed by atoms with van der Waals surface area (Å²) in [5.74, 6) is -0.229. The fraction of sp³-hybridized carbons (Fsp3) is 0.364. The van der Waals surface area contributed by atoms with Crippen LogP contribution in [-0.4, -0.2) is 26.7 Å². The molecule has 0 heterocycles. The first-order valence-corrected chi connectivity index (χ1v) is 4.48. The third-order valence-electron chi connectivity index (χ3n) is 2.07. The van der Waals surface area contributed by atoms with Gasteiger partial charge in [0.25, 0.3) is 0 Å². The number of aryl methyl sites for hydroxylation is 1. The normalized spacial score (nSPS) is 9.64. The van der Waals surface area contributed by atoms with E-state index >= 15 is 0 Å². The van der Waals surface area contributed by atoms with E-state index in [0.717, 1.165) is 5.69 Å². The van der Waals surface area contributed by atoms with Gasteiger partial charge in [0.1, 0.15) is 6.54 Å². The molecule has 0 aromatic heterocycles. The van der Waals surface area contributed by atoms with E-state index in [-0.39, 0.29) is 12.5 Å². The number of anilines is 1. The number of ether oxygens (including phenoxy) is 1. The van der Waals surface area contributed by atoms with Crippen LogP contribution in [0.1, 0.15) is 5.56 Å². The minimum Gasteiger partial charge on any atom is -0.468 e. The second-order valence-electron chi connectivity index (χ2n) is 3.27. The zero-order chi connectivity index (χ0) is 10.6. The van der Waals surface area contributed by atoms with Crippen molar-refractivity contribution in [2.24, 2.45) is 0 Å². The molecule has 0 aliphatic heterocycles. The molecule has 0 aliphatic carbocycles. The molecule has 14 heavy (non-hydrogen) atoms. The monoisotopic (exact) mass is 193 g/mol. The molecular formula is C11H15NO2. The van der Waals surface area contributed by atoms with Gasteiger partial charge in [0.2, 0.25) is 0 Å². The Hall–Kier alpha value is -1.51. The smallest absolute Gasteiger partial charge is 0.325 e. The maximum atomic E-state index is 11.0. The van der Waals surface area contributed by atoms with Crippen LogP contribution >= 0.6 is 0 Å². The summed E-state index contributed by atoms with van der Waals surface area (Å²) >= 11 is 0. The molecule has 0 fully saturated rings. The first-order chi connectivity index (χ1) is 6.63. The third kappa shape index (κ3) is 2.76. The predicted molar refractivity (Wildman–Crippen MR) is 56.5 cm³/mol. The Morgan fingerprint density at radius 3 is 2.43 bits per heavy atom. The molecule has 3 nitrogen and oxygen atoms in total. The number of nitrogens with zero attached hydrogens (tertiary/aromatic N) is 1. The van der Waals surface area contributed by atoms with Crippen LogP contribution in [0, 0.1) is 6.92 Å². The van der Waals surface area contributed by atoms with Crippen LogP contribution in [0.5, 0.6) is 0 Å². The van der Waals surface area contributed by atoms with Crippen LogP contribution in [0.15, 0.2) is 24.3 Å². The van der Waals surface area contributed by atoms with Crippen LogP contribution in [-0.2, 0) is 9.53 Å². The molecule has 0 radical (unpaired) electrons. The van der Waals surface area contributed by atoms with Gasteiger partial charge in [-0.2, -0.15) is 0 Å². The molecule has 76 valence electrons. The zero-order valence-corrected chi connectivity index (χ0v) is 8.78. The highest BCUT2D eigenvalue weighted by molar-refractivity contribution is 5.75. The summed E-state index contributed by atoms with van der Waals surface area (Å²) in [5, 5.41) is 0. The Labute approximate surface area is 84.3 Å². The predicted octanol–water partition coefficient (Wildman–Crippen LogP) is 1.60. The van der Waals surface area contributed by atoms with Gasteiger partial charge < -0.3 is 9.64 Å². The molecule has 0 amide bonds. The quantitative estimate of drug-likeness (QED) is 0.683. The van der Waals surface area contributed by atoms with Gasteiger partial charge >= 0.3 is 5.97 Å². The molecule has 1 aromatic carbocycles. The van der Waals surface area contributed by atoms with Crippen molar-refractivity contribution in [2.45, 2.75) is 6.92 Å². The first-order valence-electron chi connectivity index (χ1n) is 4.48. The van der Waals surface area contributed by atoms with Crippen molar-refractivity contribution in [3.05, 3.63) is 29.8 Å². The summed E-state index contributed by atoms with van der Waals surface area (Å²) in [6.07, 6.45) is 0. The Kier molecular flexibility index (Phi) is 3.51. The highest BCUT2D eigenvalue weighted by atomic mass is 16.5. The van der Waals surface area contributed by atoms with Crippen molar-refractivity contribution in [1.82, 2.24) is 0 Å². The van der Waals surface area contributed by atoms with E-state index < -0.39 is 0 Å². The van der Waals surface area contributed by atoms with Gasteiger partial charge in [-0.3, -0.25) is 4.79 Å². The van der Waals surface area contributed by atoms with E-state index in [2.05, 4.69) is 4.74 Å². The highest BCUT2D eigenvalue weighted by Gasteiger charge is 2.06. The van der Waals surface area contributed by atoms with Crippen molar-refractivity contribution < 1.29 is 9.53 Å². The lowest BCUT2D eigenvalue weighted by molar-refractivity contribution is -0.138. The Bertz CT molecular complexity index is 306. The molecule has 0 aliphatic rings. The topological polar surface area (TPSA) is 29.5 Å². The Balaban J connectivity index is 2.65. The largest absolute Gasteiger partial charge is 0.468 e. The molecule has 0 bridgehead atoms. The average Bonchev–Trinajstić information content (AvgIpc) is 2.18. The maximum Gasteiger partial charge on any atom is 0.325 e. The first kappa shape index (κ1) is 10.6. The number of carbonyl (C=O) groups is 1. The van der Waals surface area contributed by atoms with Crippen molar-refractivity contribution >= 4 is 11.7 Å².